The number of halogens is 5. The highest BCUT2D eigenvalue weighted by molar-refractivity contribution is 5.84. The van der Waals surface area contributed by atoms with Gasteiger partial charge in [-0.15, -0.1) is 10.2 Å². The number of hydrogen-bond acceptors (Lipinski definition) is 6. The van der Waals surface area contributed by atoms with Crippen molar-refractivity contribution in [2.45, 2.75) is 38.5 Å². The second-order valence-corrected chi connectivity index (χ2v) is 7.60. The SMILES string of the molecule is CC(C)C(C)(O)c1cc(C(F)(F)C(F)(F)F)c2ccc3nc(-c4nnco4)cn3c2n1. The molecule has 0 saturated carbocycles. The highest BCUT2D eigenvalue weighted by Crippen LogP contribution is 2.47. The standard InChI is InChI=1S/C19H16F5N5O2/c1-9(2)17(3,30)13-6-11(18(20,21)19(22,23)24)10-4-5-14-26-12(16-28-25-8-31-16)7-29(14)15(10)27-13/h4-9,30H,1-3H3. The summed E-state index contributed by atoms with van der Waals surface area (Å²) in [5.74, 6) is -5.68. The third kappa shape index (κ3) is 3.21. The summed E-state index contributed by atoms with van der Waals surface area (Å²) in [4.78, 5) is 8.48. The van der Waals surface area contributed by atoms with Crippen LogP contribution in [-0.2, 0) is 11.5 Å². The van der Waals surface area contributed by atoms with Crippen LogP contribution >= 0.6 is 0 Å². The fourth-order valence-corrected chi connectivity index (χ4v) is 3.08. The summed E-state index contributed by atoms with van der Waals surface area (Å²) < 4.78 is 75.1. The maximum absolute atomic E-state index is 14.5. The molecule has 7 nitrogen and oxygen atoms in total. The Labute approximate surface area is 171 Å². The Morgan fingerprint density at radius 1 is 1.10 bits per heavy atom. The smallest absolute Gasteiger partial charge is 0.422 e. The molecule has 0 aliphatic heterocycles. The minimum absolute atomic E-state index is 0.0306. The molecular formula is C19H16F5N5O2. The molecule has 0 amide bonds. The Kier molecular flexibility index (Phi) is 4.54. The molecule has 12 heteroatoms. The van der Waals surface area contributed by atoms with Crippen LogP contribution in [0.15, 0.2) is 35.2 Å². The number of alkyl halides is 5. The largest absolute Gasteiger partial charge is 0.458 e. The van der Waals surface area contributed by atoms with E-state index in [0.29, 0.717) is 6.07 Å². The van der Waals surface area contributed by atoms with Gasteiger partial charge in [-0.2, -0.15) is 22.0 Å². The number of nitrogens with zero attached hydrogens (tertiary/aromatic N) is 5. The van der Waals surface area contributed by atoms with Crippen LogP contribution < -0.4 is 0 Å². The fourth-order valence-electron chi connectivity index (χ4n) is 3.08. The molecule has 0 fully saturated rings. The molecule has 0 saturated heterocycles. The molecule has 4 rings (SSSR count). The van der Waals surface area contributed by atoms with E-state index in [1.165, 1.54) is 23.6 Å². The van der Waals surface area contributed by atoms with E-state index in [2.05, 4.69) is 20.2 Å². The van der Waals surface area contributed by atoms with Gasteiger partial charge in [-0.1, -0.05) is 13.8 Å². The first-order valence-electron chi connectivity index (χ1n) is 9.11. The van der Waals surface area contributed by atoms with Crippen molar-refractivity contribution in [1.82, 2.24) is 24.6 Å². The van der Waals surface area contributed by atoms with E-state index >= 15 is 0 Å². The number of aromatic nitrogens is 5. The van der Waals surface area contributed by atoms with Crippen molar-refractivity contribution < 1.29 is 31.5 Å². The van der Waals surface area contributed by atoms with Gasteiger partial charge in [0.2, 0.25) is 6.39 Å². The predicted octanol–water partition coefficient (Wildman–Crippen LogP) is 4.45. The lowest BCUT2D eigenvalue weighted by molar-refractivity contribution is -0.288. The molecule has 1 N–H and O–H groups in total. The van der Waals surface area contributed by atoms with Crippen molar-refractivity contribution >= 4 is 16.7 Å². The molecule has 1 atom stereocenters. The minimum atomic E-state index is -5.85. The zero-order chi connectivity index (χ0) is 22.8. The van der Waals surface area contributed by atoms with Crippen LogP contribution in [0.5, 0.6) is 0 Å². The molecule has 1 unspecified atom stereocenters. The lowest BCUT2D eigenvalue weighted by atomic mass is 9.87. The molecule has 0 radical (unpaired) electrons. The van der Waals surface area contributed by atoms with Gasteiger partial charge in [0.25, 0.3) is 5.89 Å². The lowest BCUT2D eigenvalue weighted by Gasteiger charge is -2.29. The average molecular weight is 441 g/mol. The number of rotatable bonds is 4. The highest BCUT2D eigenvalue weighted by atomic mass is 19.4. The summed E-state index contributed by atoms with van der Waals surface area (Å²) in [7, 11) is 0. The van der Waals surface area contributed by atoms with Crippen molar-refractivity contribution in [1.29, 1.82) is 0 Å². The molecule has 4 aromatic heterocycles. The molecule has 0 spiro atoms. The molecule has 0 aromatic carbocycles. The van der Waals surface area contributed by atoms with Gasteiger partial charge in [-0.25, -0.2) is 9.97 Å². The van der Waals surface area contributed by atoms with Crippen LogP contribution in [0.4, 0.5) is 22.0 Å². The third-order valence-corrected chi connectivity index (χ3v) is 5.32. The summed E-state index contributed by atoms with van der Waals surface area (Å²) >= 11 is 0. The van der Waals surface area contributed by atoms with Crippen molar-refractivity contribution in [2.75, 3.05) is 0 Å². The van der Waals surface area contributed by atoms with Crippen LogP contribution in [0.25, 0.3) is 28.3 Å². The van der Waals surface area contributed by atoms with Gasteiger partial charge >= 0.3 is 12.1 Å². The van der Waals surface area contributed by atoms with Gasteiger partial charge in [0.1, 0.15) is 22.6 Å². The van der Waals surface area contributed by atoms with Gasteiger partial charge in [0.15, 0.2) is 0 Å². The van der Waals surface area contributed by atoms with Gasteiger partial charge in [-0.3, -0.25) is 4.40 Å². The van der Waals surface area contributed by atoms with Crippen LogP contribution in [0.3, 0.4) is 0 Å². The Morgan fingerprint density at radius 2 is 1.81 bits per heavy atom. The second-order valence-electron chi connectivity index (χ2n) is 7.60. The van der Waals surface area contributed by atoms with Gasteiger partial charge in [0, 0.05) is 17.1 Å². The second kappa shape index (κ2) is 6.67. The number of fused-ring (bicyclic) bond motifs is 3. The molecular weight excluding hydrogens is 425 g/mol. The maximum Gasteiger partial charge on any atom is 0.458 e. The van der Waals surface area contributed by atoms with E-state index in [9.17, 15) is 27.1 Å². The Bertz CT molecular complexity index is 1260. The lowest BCUT2D eigenvalue weighted by Crippen LogP contribution is -2.35. The van der Waals surface area contributed by atoms with E-state index in [1.807, 2.05) is 0 Å². The van der Waals surface area contributed by atoms with Crippen molar-refractivity contribution in [3.8, 4) is 11.6 Å². The Morgan fingerprint density at radius 3 is 2.39 bits per heavy atom. The minimum Gasteiger partial charge on any atom is -0.422 e. The topological polar surface area (TPSA) is 89.3 Å². The monoisotopic (exact) mass is 441 g/mol. The molecule has 4 heterocycles. The summed E-state index contributed by atoms with van der Waals surface area (Å²) in [5.41, 5.74) is -3.26. The fraction of sp³-hybridized carbons (Fsp3) is 0.368. The summed E-state index contributed by atoms with van der Waals surface area (Å²) in [5, 5.41) is 17.6. The summed E-state index contributed by atoms with van der Waals surface area (Å²) in [6, 6.07) is 2.97. The summed E-state index contributed by atoms with van der Waals surface area (Å²) in [6.45, 7) is 4.50. The quantitative estimate of drug-likeness (QED) is 0.471. The number of imidazole rings is 1. The zero-order valence-corrected chi connectivity index (χ0v) is 16.4. The first kappa shape index (κ1) is 21.1. The van der Waals surface area contributed by atoms with Crippen LogP contribution in [0, 0.1) is 5.92 Å². The molecule has 4 aromatic rings. The van der Waals surface area contributed by atoms with Gasteiger partial charge in [0.05, 0.1) is 5.69 Å². The number of hydrogen-bond donors (Lipinski definition) is 1. The Balaban J connectivity index is 2.10. The molecule has 31 heavy (non-hydrogen) atoms. The average Bonchev–Trinajstić information content (AvgIpc) is 3.35. The van der Waals surface area contributed by atoms with Crippen molar-refractivity contribution in [3.05, 3.63) is 42.0 Å². The first-order valence-corrected chi connectivity index (χ1v) is 9.11. The van der Waals surface area contributed by atoms with Crippen molar-refractivity contribution in [2.24, 2.45) is 5.92 Å². The van der Waals surface area contributed by atoms with Gasteiger partial charge < -0.3 is 9.52 Å². The molecule has 164 valence electrons. The zero-order valence-electron chi connectivity index (χ0n) is 16.4. The van der Waals surface area contributed by atoms with Crippen LogP contribution in [-0.4, -0.2) is 35.8 Å². The molecule has 0 aliphatic carbocycles. The molecule has 0 aliphatic rings. The Hall–Kier alpha value is -3.15. The highest BCUT2D eigenvalue weighted by Gasteiger charge is 2.59. The number of aliphatic hydroxyl groups is 1. The van der Waals surface area contributed by atoms with Crippen molar-refractivity contribution in [3.63, 3.8) is 0 Å². The maximum atomic E-state index is 14.5. The van der Waals surface area contributed by atoms with Crippen LogP contribution in [0.1, 0.15) is 32.0 Å². The summed E-state index contributed by atoms with van der Waals surface area (Å²) in [6.07, 6.45) is -3.45. The van der Waals surface area contributed by atoms with E-state index in [0.717, 1.165) is 12.5 Å². The van der Waals surface area contributed by atoms with E-state index in [-0.39, 0.29) is 28.6 Å². The first-order chi connectivity index (χ1) is 14.3. The molecule has 0 bridgehead atoms. The third-order valence-electron chi connectivity index (χ3n) is 5.32. The number of pyridine rings is 2. The predicted molar refractivity (Wildman–Crippen MR) is 98.1 cm³/mol. The van der Waals surface area contributed by atoms with Gasteiger partial charge in [-0.05, 0) is 31.0 Å². The van der Waals surface area contributed by atoms with E-state index < -0.39 is 34.6 Å². The van der Waals surface area contributed by atoms with E-state index in [4.69, 9.17) is 4.42 Å². The van der Waals surface area contributed by atoms with Crippen LogP contribution in [0.2, 0.25) is 0 Å². The van der Waals surface area contributed by atoms with E-state index in [1.54, 1.807) is 13.8 Å². The normalized spacial score (nSPS) is 15.2.